The first-order valence-electron chi connectivity index (χ1n) is 16.4. The summed E-state index contributed by atoms with van der Waals surface area (Å²) in [5, 5.41) is 33.7. The standard InChI is InChI=1S/C22H19NO3.C19H22N2O/c1-22(14-23,21(24)25)20(18-11-5-6-13-19(18)26-2)17-12-7-9-15-8-3-4-10-16(15)17;1-2-13-12-21-10-8-14(13)11-18(21)19(22)16-7-9-20-17-6-4-3-5-15(16)17/h3-13,20H,1-2H3,(H,24,25);2-7,9,13-14,18-19,22H,1,8,10-12H2/t20-,22+;13-,14-,18-,19+/m00/s1. The van der Waals surface area contributed by atoms with Gasteiger partial charge in [0.2, 0.25) is 0 Å². The number of carbonyl (C=O) groups is 1. The van der Waals surface area contributed by atoms with Gasteiger partial charge in [-0.25, -0.2) is 0 Å². The Morgan fingerprint density at radius 2 is 1.69 bits per heavy atom. The number of aliphatic hydroxyl groups excluding tert-OH is 1. The normalized spacial score (nSPS) is 22.4. The lowest BCUT2D eigenvalue weighted by Crippen LogP contribution is -2.54. The van der Waals surface area contributed by atoms with E-state index in [0.29, 0.717) is 23.1 Å². The molecule has 2 N–H and O–H groups in total. The van der Waals surface area contributed by atoms with Gasteiger partial charge in [0.1, 0.15) is 5.75 Å². The van der Waals surface area contributed by atoms with Gasteiger partial charge in [-0.2, -0.15) is 5.26 Å². The number of hydrogen-bond donors (Lipinski definition) is 2. The molecule has 7 nitrogen and oxygen atoms in total. The van der Waals surface area contributed by atoms with Gasteiger partial charge in [-0.05, 0) is 78.2 Å². The van der Waals surface area contributed by atoms with Crippen LogP contribution in [-0.4, -0.2) is 52.3 Å². The molecule has 0 spiro atoms. The number of pyridine rings is 1. The van der Waals surface area contributed by atoms with Gasteiger partial charge in [0, 0.05) is 35.7 Å². The third-order valence-electron chi connectivity index (χ3n) is 10.4. The summed E-state index contributed by atoms with van der Waals surface area (Å²) in [7, 11) is 1.55. The first-order chi connectivity index (χ1) is 23.3. The average molecular weight is 640 g/mol. The number of hydrogen-bond acceptors (Lipinski definition) is 6. The van der Waals surface area contributed by atoms with E-state index in [1.807, 2.05) is 97.2 Å². The number of benzene rings is 4. The highest BCUT2D eigenvalue weighted by atomic mass is 16.5. The van der Waals surface area contributed by atoms with Crippen molar-refractivity contribution in [2.75, 3.05) is 20.2 Å². The minimum absolute atomic E-state index is 0.223. The van der Waals surface area contributed by atoms with Crippen molar-refractivity contribution in [3.05, 3.63) is 133 Å². The summed E-state index contributed by atoms with van der Waals surface area (Å²) in [5.41, 5.74) is 1.79. The predicted octanol–water partition coefficient (Wildman–Crippen LogP) is 7.76. The molecule has 3 aliphatic heterocycles. The lowest BCUT2D eigenvalue weighted by Gasteiger charge is -2.50. The Morgan fingerprint density at radius 3 is 2.40 bits per heavy atom. The predicted molar refractivity (Wildman–Crippen MR) is 189 cm³/mol. The minimum Gasteiger partial charge on any atom is -0.496 e. The van der Waals surface area contributed by atoms with E-state index in [1.165, 1.54) is 13.3 Å². The molecule has 48 heavy (non-hydrogen) atoms. The van der Waals surface area contributed by atoms with E-state index in [1.54, 1.807) is 13.2 Å². The number of nitriles is 1. The third-order valence-corrected chi connectivity index (χ3v) is 10.4. The number of carboxylic acid groups (broad SMARTS) is 1. The van der Waals surface area contributed by atoms with E-state index in [4.69, 9.17) is 4.74 Å². The van der Waals surface area contributed by atoms with Crippen LogP contribution in [0.4, 0.5) is 0 Å². The Morgan fingerprint density at radius 1 is 1.00 bits per heavy atom. The van der Waals surface area contributed by atoms with Crippen LogP contribution in [0.1, 0.15) is 48.5 Å². The van der Waals surface area contributed by atoms with Crippen molar-refractivity contribution in [1.29, 1.82) is 5.26 Å². The quantitative estimate of drug-likeness (QED) is 0.167. The summed E-state index contributed by atoms with van der Waals surface area (Å²) in [6, 6.07) is 33.1. The first kappa shape index (κ1) is 32.9. The number of piperidine rings is 3. The molecule has 7 atom stereocenters. The minimum atomic E-state index is -1.65. The number of aliphatic carboxylic acids is 1. The van der Waals surface area contributed by atoms with Crippen molar-refractivity contribution in [2.45, 2.75) is 37.8 Å². The Balaban J connectivity index is 0.000000169. The van der Waals surface area contributed by atoms with Crippen LogP contribution in [-0.2, 0) is 4.79 Å². The van der Waals surface area contributed by atoms with Crippen molar-refractivity contribution in [2.24, 2.45) is 17.3 Å². The molecule has 2 bridgehead atoms. The van der Waals surface area contributed by atoms with Crippen molar-refractivity contribution in [3.63, 3.8) is 0 Å². The molecule has 8 rings (SSSR count). The van der Waals surface area contributed by atoms with Crippen LogP contribution < -0.4 is 4.74 Å². The number of carboxylic acids is 1. The summed E-state index contributed by atoms with van der Waals surface area (Å²) >= 11 is 0. The maximum atomic E-state index is 12.1. The lowest BCUT2D eigenvalue weighted by atomic mass is 9.69. The Labute approximate surface area is 281 Å². The monoisotopic (exact) mass is 639 g/mol. The van der Waals surface area contributed by atoms with Crippen LogP contribution in [0.3, 0.4) is 0 Å². The van der Waals surface area contributed by atoms with Crippen molar-refractivity contribution < 1.29 is 19.7 Å². The molecule has 0 saturated carbocycles. The van der Waals surface area contributed by atoms with Crippen LogP contribution in [0.25, 0.3) is 21.7 Å². The molecule has 3 aliphatic rings. The zero-order chi connectivity index (χ0) is 33.8. The molecule has 0 aliphatic carbocycles. The van der Waals surface area contributed by atoms with Gasteiger partial charge < -0.3 is 14.9 Å². The molecular formula is C41H41N3O4. The molecule has 244 valence electrons. The van der Waals surface area contributed by atoms with Crippen LogP contribution in [0.5, 0.6) is 5.75 Å². The SMILES string of the molecule is C=C[C@H]1C[N@]2CC[C@H]1C[C@H]2[C@H](O)c1ccnc2ccccc12.COc1ccccc1[C@H](c1cccc2ccccc12)[C@@](C)(C#N)C(=O)O. The van der Waals surface area contributed by atoms with Crippen molar-refractivity contribution in [3.8, 4) is 11.8 Å². The van der Waals surface area contributed by atoms with E-state index < -0.39 is 23.4 Å². The fourth-order valence-corrected chi connectivity index (χ4v) is 7.72. The second-order valence-corrected chi connectivity index (χ2v) is 13.0. The summed E-state index contributed by atoms with van der Waals surface area (Å²) in [6.07, 6.45) is 5.76. The van der Waals surface area contributed by atoms with Gasteiger partial charge in [-0.1, -0.05) is 84.9 Å². The highest BCUT2D eigenvalue weighted by Gasteiger charge is 2.46. The van der Waals surface area contributed by atoms with Gasteiger partial charge in [-0.15, -0.1) is 6.58 Å². The lowest BCUT2D eigenvalue weighted by molar-refractivity contribution is -0.145. The second-order valence-electron chi connectivity index (χ2n) is 13.0. The largest absolute Gasteiger partial charge is 0.496 e. The van der Waals surface area contributed by atoms with E-state index >= 15 is 0 Å². The van der Waals surface area contributed by atoms with Gasteiger partial charge in [0.15, 0.2) is 5.41 Å². The number of aromatic nitrogens is 1. The van der Waals surface area contributed by atoms with Crippen LogP contribution in [0.15, 0.2) is 116 Å². The molecule has 0 amide bonds. The fourth-order valence-electron chi connectivity index (χ4n) is 7.72. The number of ether oxygens (including phenoxy) is 1. The summed E-state index contributed by atoms with van der Waals surface area (Å²) in [5.74, 6) is -0.0223. The molecule has 0 radical (unpaired) electrons. The van der Waals surface area contributed by atoms with Crippen LogP contribution in [0, 0.1) is 28.6 Å². The third kappa shape index (κ3) is 6.06. The number of fused-ring (bicyclic) bond motifs is 5. The first-order valence-corrected chi connectivity index (χ1v) is 16.4. The highest BCUT2D eigenvalue weighted by Crippen LogP contribution is 2.46. The highest BCUT2D eigenvalue weighted by molar-refractivity contribution is 5.89. The van der Waals surface area contributed by atoms with Gasteiger partial charge >= 0.3 is 5.97 Å². The molecule has 0 unspecified atom stereocenters. The molecule has 4 heterocycles. The topological polar surface area (TPSA) is 107 Å². The molecule has 4 aromatic carbocycles. The van der Waals surface area contributed by atoms with Gasteiger partial charge in [-0.3, -0.25) is 14.7 Å². The summed E-state index contributed by atoms with van der Waals surface area (Å²) < 4.78 is 5.48. The maximum Gasteiger partial charge on any atom is 0.324 e. The zero-order valence-electron chi connectivity index (χ0n) is 27.4. The summed E-state index contributed by atoms with van der Waals surface area (Å²) in [6.45, 7) is 7.58. The fraction of sp³-hybridized carbons (Fsp3) is 0.293. The zero-order valence-corrected chi connectivity index (χ0v) is 27.4. The molecule has 7 heteroatoms. The van der Waals surface area contributed by atoms with Crippen molar-refractivity contribution >= 4 is 27.6 Å². The van der Waals surface area contributed by atoms with Crippen LogP contribution in [0.2, 0.25) is 0 Å². The van der Waals surface area contributed by atoms with Gasteiger partial charge in [0.05, 0.1) is 24.8 Å². The van der Waals surface area contributed by atoms with Crippen molar-refractivity contribution in [1.82, 2.24) is 9.88 Å². The number of methoxy groups -OCH3 is 1. The maximum absolute atomic E-state index is 12.1. The van der Waals surface area contributed by atoms with Gasteiger partial charge in [0.25, 0.3) is 0 Å². The van der Waals surface area contributed by atoms with E-state index in [-0.39, 0.29) is 6.04 Å². The number of aliphatic hydroxyl groups is 1. The second kappa shape index (κ2) is 14.0. The Bertz CT molecular complexity index is 1980. The molecule has 5 aromatic rings. The Kier molecular flexibility index (Phi) is 9.58. The van der Waals surface area contributed by atoms with Crippen LogP contribution >= 0.6 is 0 Å². The summed E-state index contributed by atoms with van der Waals surface area (Å²) in [4.78, 5) is 19.0. The number of rotatable bonds is 8. The number of para-hydroxylation sites is 2. The molecule has 3 saturated heterocycles. The van der Waals surface area contributed by atoms with E-state index in [2.05, 4.69) is 28.6 Å². The molecular weight excluding hydrogens is 598 g/mol. The molecule has 3 fully saturated rings. The average Bonchev–Trinajstić information content (AvgIpc) is 3.14. The smallest absolute Gasteiger partial charge is 0.324 e. The number of nitrogens with zero attached hydrogens (tertiary/aromatic N) is 3. The van der Waals surface area contributed by atoms with E-state index in [0.717, 1.165) is 52.3 Å². The molecule has 1 aromatic heterocycles. The van der Waals surface area contributed by atoms with E-state index in [9.17, 15) is 20.3 Å². The Hall–Kier alpha value is -5.03.